The number of piperidine rings is 1. The predicted molar refractivity (Wildman–Crippen MR) is 96.0 cm³/mol. The third kappa shape index (κ3) is 2.42. The number of nitrogen functional groups attached to an aromatic ring is 1. The molecule has 6 nitrogen and oxygen atoms in total. The number of fused-ring (bicyclic) bond motifs is 1. The van der Waals surface area contributed by atoms with Crippen LogP contribution in [0.25, 0.3) is 0 Å². The lowest BCUT2D eigenvalue weighted by molar-refractivity contribution is 0.734. The maximum Gasteiger partial charge on any atom is 0.154 e. The minimum atomic E-state index is 0.102. The Bertz CT molecular complexity index is 827. The van der Waals surface area contributed by atoms with Crippen molar-refractivity contribution in [2.45, 2.75) is 6.04 Å². The zero-order chi connectivity index (χ0) is 17.0. The van der Waals surface area contributed by atoms with Crippen LogP contribution in [0.3, 0.4) is 0 Å². The van der Waals surface area contributed by atoms with E-state index in [2.05, 4.69) is 14.9 Å². The van der Waals surface area contributed by atoms with E-state index < -0.39 is 0 Å². The predicted octanol–water partition coefficient (Wildman–Crippen LogP) is 2.18. The zero-order valence-corrected chi connectivity index (χ0v) is 14.2. The van der Waals surface area contributed by atoms with Crippen molar-refractivity contribution in [1.82, 2.24) is 9.97 Å². The molecule has 1 saturated heterocycles. The highest BCUT2D eigenvalue weighted by Gasteiger charge is 2.53. The van der Waals surface area contributed by atoms with Crippen molar-refractivity contribution in [1.29, 1.82) is 5.41 Å². The number of nitrogens with one attached hydrogen (secondary N) is 1. The quantitative estimate of drug-likeness (QED) is 0.725. The molecule has 3 atom stereocenters. The van der Waals surface area contributed by atoms with E-state index in [4.69, 9.17) is 40.1 Å². The van der Waals surface area contributed by atoms with Crippen LogP contribution < -0.4 is 16.4 Å². The van der Waals surface area contributed by atoms with Gasteiger partial charge in [-0.15, -0.1) is 0 Å². The fourth-order valence-corrected chi connectivity index (χ4v) is 3.72. The van der Waals surface area contributed by atoms with E-state index in [0.717, 1.165) is 18.9 Å². The number of nitrogens with two attached hydrogens (primary N) is 2. The van der Waals surface area contributed by atoms with E-state index in [1.807, 2.05) is 0 Å². The number of hydrogen-bond donors (Lipinski definition) is 3. The van der Waals surface area contributed by atoms with Gasteiger partial charge in [0.15, 0.2) is 5.82 Å². The van der Waals surface area contributed by atoms with Crippen molar-refractivity contribution in [2.24, 2.45) is 17.6 Å². The Morgan fingerprint density at radius 1 is 1.25 bits per heavy atom. The summed E-state index contributed by atoms with van der Waals surface area (Å²) in [6.07, 6.45) is 1.65. The summed E-state index contributed by atoms with van der Waals surface area (Å²) in [6.45, 7) is 1.77. The van der Waals surface area contributed by atoms with Gasteiger partial charge in [-0.3, -0.25) is 5.41 Å². The van der Waals surface area contributed by atoms with Crippen molar-refractivity contribution < 1.29 is 0 Å². The summed E-state index contributed by atoms with van der Waals surface area (Å²) in [5.74, 6) is 2.03. The number of aromatic nitrogens is 2. The van der Waals surface area contributed by atoms with E-state index in [-0.39, 0.29) is 11.5 Å². The van der Waals surface area contributed by atoms with Gasteiger partial charge in [-0.25, -0.2) is 9.97 Å². The van der Waals surface area contributed by atoms with Crippen LogP contribution in [0.1, 0.15) is 11.3 Å². The van der Waals surface area contributed by atoms with E-state index in [1.165, 1.54) is 0 Å². The van der Waals surface area contributed by atoms with Crippen LogP contribution in [0.5, 0.6) is 0 Å². The summed E-state index contributed by atoms with van der Waals surface area (Å²) >= 11 is 12.2. The Morgan fingerprint density at radius 2 is 1.96 bits per heavy atom. The van der Waals surface area contributed by atoms with Gasteiger partial charge in [-0.2, -0.15) is 0 Å². The van der Waals surface area contributed by atoms with E-state index in [1.54, 1.807) is 24.4 Å². The van der Waals surface area contributed by atoms with Gasteiger partial charge in [-0.1, -0.05) is 35.3 Å². The molecule has 0 unspecified atom stereocenters. The normalized spacial score (nSPS) is 24.8. The number of anilines is 2. The van der Waals surface area contributed by atoms with Gasteiger partial charge in [0.25, 0.3) is 0 Å². The van der Waals surface area contributed by atoms with Crippen molar-refractivity contribution >= 4 is 40.5 Å². The smallest absolute Gasteiger partial charge is 0.154 e. The molecular weight excluding hydrogens is 347 g/mol. The highest BCUT2D eigenvalue weighted by molar-refractivity contribution is 6.44. The minimum absolute atomic E-state index is 0.102. The van der Waals surface area contributed by atoms with Crippen LogP contribution in [0.4, 0.5) is 11.6 Å². The second-order valence-electron chi connectivity index (χ2n) is 6.25. The van der Waals surface area contributed by atoms with Crippen molar-refractivity contribution in [3.63, 3.8) is 0 Å². The third-order valence-electron chi connectivity index (χ3n) is 4.83. The van der Waals surface area contributed by atoms with Crippen molar-refractivity contribution in [2.75, 3.05) is 23.7 Å². The molecule has 1 aliphatic heterocycles. The number of nitrogens with zero attached hydrogens (tertiary/aromatic N) is 3. The van der Waals surface area contributed by atoms with E-state index >= 15 is 0 Å². The molecule has 1 saturated carbocycles. The van der Waals surface area contributed by atoms with E-state index in [0.29, 0.717) is 39.2 Å². The number of rotatable bonds is 3. The summed E-state index contributed by atoms with van der Waals surface area (Å²) in [7, 11) is 0. The first-order valence-electron chi connectivity index (χ1n) is 7.63. The molecule has 1 aliphatic carbocycles. The molecule has 2 heterocycles. The molecule has 8 heteroatoms. The van der Waals surface area contributed by atoms with Crippen LogP contribution in [0.2, 0.25) is 10.0 Å². The third-order valence-corrected chi connectivity index (χ3v) is 5.65. The first-order chi connectivity index (χ1) is 11.5. The Kier molecular flexibility index (Phi) is 3.63. The Morgan fingerprint density at radius 3 is 2.62 bits per heavy atom. The molecular formula is C16H16Cl2N6. The van der Waals surface area contributed by atoms with Crippen molar-refractivity contribution in [3.8, 4) is 0 Å². The topological polar surface area (TPSA) is 105 Å². The van der Waals surface area contributed by atoms with Gasteiger partial charge >= 0.3 is 0 Å². The summed E-state index contributed by atoms with van der Waals surface area (Å²) in [5.41, 5.74) is 12.9. The van der Waals surface area contributed by atoms with Crippen LogP contribution in [0.15, 0.2) is 24.4 Å². The fourth-order valence-electron chi connectivity index (χ4n) is 3.32. The van der Waals surface area contributed by atoms with Gasteiger partial charge in [0.2, 0.25) is 0 Å². The molecule has 2 fully saturated rings. The summed E-state index contributed by atoms with van der Waals surface area (Å²) < 4.78 is 0. The van der Waals surface area contributed by atoms with Gasteiger partial charge in [0.1, 0.15) is 11.5 Å². The van der Waals surface area contributed by atoms with Crippen LogP contribution in [-0.4, -0.2) is 34.8 Å². The van der Waals surface area contributed by atoms with Crippen molar-refractivity contribution in [3.05, 3.63) is 45.7 Å². The number of hydrogen-bond acceptors (Lipinski definition) is 6. The molecule has 2 aliphatic rings. The molecule has 124 valence electrons. The summed E-state index contributed by atoms with van der Waals surface area (Å²) in [6, 6.07) is 5.43. The first-order valence-corrected chi connectivity index (χ1v) is 8.39. The molecule has 4 rings (SSSR count). The van der Waals surface area contributed by atoms with Crippen LogP contribution in [-0.2, 0) is 0 Å². The molecule has 24 heavy (non-hydrogen) atoms. The zero-order valence-electron chi connectivity index (χ0n) is 12.7. The maximum atomic E-state index is 8.34. The van der Waals surface area contributed by atoms with Gasteiger partial charge in [-0.05, 0) is 17.9 Å². The fraction of sp³-hybridized carbons (Fsp3) is 0.312. The van der Waals surface area contributed by atoms with E-state index in [9.17, 15) is 0 Å². The Balaban J connectivity index is 1.60. The molecule has 0 radical (unpaired) electrons. The van der Waals surface area contributed by atoms with Gasteiger partial charge in [0, 0.05) is 24.7 Å². The average Bonchev–Trinajstić information content (AvgIpc) is 2.98. The van der Waals surface area contributed by atoms with Gasteiger partial charge < -0.3 is 16.4 Å². The second kappa shape index (κ2) is 5.58. The molecule has 1 aromatic carbocycles. The van der Waals surface area contributed by atoms with Crippen LogP contribution >= 0.6 is 23.2 Å². The Hall–Kier alpha value is -1.89. The lowest BCUT2D eigenvalue weighted by Gasteiger charge is -2.20. The molecule has 5 N–H and O–H groups in total. The summed E-state index contributed by atoms with van der Waals surface area (Å²) in [5, 5.41) is 9.03. The lowest BCUT2D eigenvalue weighted by atomic mass is 10.1. The van der Waals surface area contributed by atoms with Crippen LogP contribution in [0, 0.1) is 17.2 Å². The highest BCUT2D eigenvalue weighted by Crippen LogP contribution is 2.44. The number of halogens is 2. The standard InChI is InChI=1S/C16H16Cl2N6/c17-10-3-1-2-7(12(10)18)14(20)15-16(21)23-11(4-22-15)24-5-8-9(6-24)13(8)19/h1-4,8-9,13,20H,5-6,19H2,(H2,21,23)/t8-,9+,13+. The number of benzene rings is 1. The second-order valence-corrected chi connectivity index (χ2v) is 7.03. The molecule has 0 amide bonds. The molecule has 0 spiro atoms. The highest BCUT2D eigenvalue weighted by atomic mass is 35.5. The SMILES string of the molecule is N=C(c1cccc(Cl)c1Cl)c1ncc(N2C[C@@H]3[C@@H](N)[C@@H]3C2)nc1N. The average molecular weight is 363 g/mol. The summed E-state index contributed by atoms with van der Waals surface area (Å²) in [4.78, 5) is 10.9. The maximum absolute atomic E-state index is 8.34. The largest absolute Gasteiger partial charge is 0.382 e. The minimum Gasteiger partial charge on any atom is -0.382 e. The molecule has 2 aromatic rings. The molecule has 1 aromatic heterocycles. The Labute approximate surface area is 149 Å². The first kappa shape index (κ1) is 15.6. The van der Waals surface area contributed by atoms with Gasteiger partial charge in [0.05, 0.1) is 22.0 Å². The molecule has 0 bridgehead atoms. The monoisotopic (exact) mass is 362 g/mol. The lowest BCUT2D eigenvalue weighted by Crippen LogP contribution is -2.29.